The van der Waals surface area contributed by atoms with Crippen molar-refractivity contribution in [2.45, 2.75) is 51.9 Å². The fourth-order valence-electron chi connectivity index (χ4n) is 2.31. The molecule has 0 amide bonds. The van der Waals surface area contributed by atoms with E-state index in [2.05, 4.69) is 26.3 Å². The first-order valence-electron chi connectivity index (χ1n) is 8.24. The van der Waals surface area contributed by atoms with E-state index in [4.69, 9.17) is 5.73 Å². The maximum Gasteiger partial charge on any atom is 0.343 e. The molecule has 0 saturated carbocycles. The molecule has 0 aromatic heterocycles. The Bertz CT molecular complexity index is 268. The van der Waals surface area contributed by atoms with Gasteiger partial charge in [-0.25, -0.2) is 0 Å². The predicted octanol–water partition coefficient (Wildman–Crippen LogP) is 1.99. The summed E-state index contributed by atoms with van der Waals surface area (Å²) in [5.41, 5.74) is 5.83. The lowest BCUT2D eigenvalue weighted by atomic mass is 10.1. The zero-order valence-electron chi connectivity index (χ0n) is 14.5. The summed E-state index contributed by atoms with van der Waals surface area (Å²) in [6, 6.07) is 0. The Morgan fingerprint density at radius 3 is 2.10 bits per heavy atom. The second-order valence-corrected chi connectivity index (χ2v) is 6.71. The number of nitrogens with zero attached hydrogens (tertiary/aromatic N) is 2. The standard InChI is InChI=1S/C16H37N4/c1-6-7-8-9-10-11-14-20(4,5)15-12-13-18-16(17)19(2)3/h6-15H2,1-5H3,(H2,17,18)/q+1/p+1. The Morgan fingerprint density at radius 1 is 0.950 bits per heavy atom. The zero-order chi connectivity index (χ0) is 15.4. The first-order chi connectivity index (χ1) is 9.39. The van der Waals surface area contributed by atoms with E-state index in [1.807, 2.05) is 18.7 Å². The van der Waals surface area contributed by atoms with E-state index in [1.165, 1.54) is 51.6 Å². The number of hydrogen-bond acceptors (Lipinski definition) is 0. The van der Waals surface area contributed by atoms with Gasteiger partial charge in [0.05, 0.1) is 47.8 Å². The Labute approximate surface area is 126 Å². The highest BCUT2D eigenvalue weighted by molar-refractivity contribution is 5.72. The highest BCUT2D eigenvalue weighted by Crippen LogP contribution is 2.08. The summed E-state index contributed by atoms with van der Waals surface area (Å²) in [5, 5.41) is 3.26. The number of nitrogens with one attached hydrogen (secondary N) is 1. The summed E-state index contributed by atoms with van der Waals surface area (Å²) in [5.74, 6) is 0.756. The molecule has 0 unspecified atom stereocenters. The molecule has 0 saturated heterocycles. The molecule has 4 nitrogen and oxygen atoms in total. The molecule has 0 aliphatic rings. The van der Waals surface area contributed by atoms with Gasteiger partial charge in [0.1, 0.15) is 0 Å². The smallest absolute Gasteiger partial charge is 0.328 e. The van der Waals surface area contributed by atoms with Crippen LogP contribution in [0.2, 0.25) is 0 Å². The van der Waals surface area contributed by atoms with E-state index in [9.17, 15) is 0 Å². The molecule has 3 N–H and O–H groups in total. The minimum atomic E-state index is 0.756. The van der Waals surface area contributed by atoms with Crippen molar-refractivity contribution in [1.29, 1.82) is 0 Å². The van der Waals surface area contributed by atoms with Gasteiger partial charge in [-0.3, -0.25) is 15.6 Å². The molecule has 0 atom stereocenters. The monoisotopic (exact) mass is 286 g/mol. The molecule has 20 heavy (non-hydrogen) atoms. The first-order valence-corrected chi connectivity index (χ1v) is 8.24. The normalized spacial score (nSPS) is 11.4. The molecule has 0 aromatic carbocycles. The Balaban J connectivity index is 3.61. The van der Waals surface area contributed by atoms with Crippen LogP contribution >= 0.6 is 0 Å². The van der Waals surface area contributed by atoms with Crippen molar-refractivity contribution < 1.29 is 9.06 Å². The maximum atomic E-state index is 5.83. The van der Waals surface area contributed by atoms with Gasteiger partial charge in [0, 0.05) is 6.42 Å². The third-order valence-corrected chi connectivity index (χ3v) is 3.85. The highest BCUT2D eigenvalue weighted by atomic mass is 15.3. The Kier molecular flexibility index (Phi) is 10.5. The molecular weight excluding hydrogens is 248 g/mol. The van der Waals surface area contributed by atoms with Crippen LogP contribution in [-0.2, 0) is 0 Å². The van der Waals surface area contributed by atoms with Crippen LogP contribution in [0.5, 0.6) is 0 Å². The van der Waals surface area contributed by atoms with Crippen LogP contribution in [0.3, 0.4) is 0 Å². The number of unbranched alkanes of at least 4 members (excludes halogenated alkanes) is 5. The second kappa shape index (κ2) is 11.0. The summed E-state index contributed by atoms with van der Waals surface area (Å²) in [6.07, 6.45) is 9.46. The molecule has 0 rings (SSSR count). The lowest BCUT2D eigenvalue weighted by molar-refractivity contribution is -0.890. The number of nitrogens with two attached hydrogens (primary N) is 1. The second-order valence-electron chi connectivity index (χ2n) is 6.71. The van der Waals surface area contributed by atoms with Crippen LogP contribution in [0.4, 0.5) is 0 Å². The quantitative estimate of drug-likeness (QED) is 0.200. The largest absolute Gasteiger partial charge is 0.343 e. The van der Waals surface area contributed by atoms with Gasteiger partial charge in [0.15, 0.2) is 0 Å². The summed E-state index contributed by atoms with van der Waals surface area (Å²) >= 11 is 0. The Morgan fingerprint density at radius 2 is 1.50 bits per heavy atom. The molecule has 0 aliphatic heterocycles. The van der Waals surface area contributed by atoms with Crippen molar-refractivity contribution in [3.8, 4) is 0 Å². The lowest BCUT2D eigenvalue weighted by Crippen LogP contribution is -2.44. The molecular formula is C16H38N4+2. The first kappa shape index (κ1) is 19.2. The summed E-state index contributed by atoms with van der Waals surface area (Å²) in [6.45, 7) is 5.73. The molecule has 120 valence electrons. The number of hydrogen-bond donors (Lipinski definition) is 2. The molecule has 0 aromatic rings. The van der Waals surface area contributed by atoms with E-state index in [0.717, 1.165) is 23.4 Å². The van der Waals surface area contributed by atoms with Gasteiger partial charge in [-0.1, -0.05) is 32.6 Å². The summed E-state index contributed by atoms with van der Waals surface area (Å²) in [4.78, 5) is 0. The Hall–Kier alpha value is -0.770. The summed E-state index contributed by atoms with van der Waals surface area (Å²) < 4.78 is 3.04. The summed E-state index contributed by atoms with van der Waals surface area (Å²) in [7, 11) is 8.60. The number of guanidine groups is 1. The van der Waals surface area contributed by atoms with Crippen molar-refractivity contribution in [2.24, 2.45) is 5.73 Å². The van der Waals surface area contributed by atoms with Crippen molar-refractivity contribution >= 4 is 5.96 Å². The van der Waals surface area contributed by atoms with Crippen LogP contribution in [0.15, 0.2) is 0 Å². The van der Waals surface area contributed by atoms with E-state index in [-0.39, 0.29) is 0 Å². The van der Waals surface area contributed by atoms with Gasteiger partial charge in [-0.15, -0.1) is 0 Å². The minimum Gasteiger partial charge on any atom is -0.328 e. The fourth-order valence-corrected chi connectivity index (χ4v) is 2.31. The minimum absolute atomic E-state index is 0.756. The topological polar surface area (TPSA) is 41.1 Å². The molecule has 0 heterocycles. The molecule has 0 fully saturated rings. The van der Waals surface area contributed by atoms with Crippen LogP contribution in [0.25, 0.3) is 0 Å². The third-order valence-electron chi connectivity index (χ3n) is 3.85. The van der Waals surface area contributed by atoms with Crippen molar-refractivity contribution in [3.63, 3.8) is 0 Å². The number of quaternary nitrogens is 1. The highest BCUT2D eigenvalue weighted by Gasteiger charge is 2.14. The van der Waals surface area contributed by atoms with E-state index in [0.29, 0.717) is 0 Å². The lowest BCUT2D eigenvalue weighted by Gasteiger charge is -2.29. The van der Waals surface area contributed by atoms with Gasteiger partial charge < -0.3 is 4.48 Å². The third kappa shape index (κ3) is 11.1. The average Bonchev–Trinajstić information content (AvgIpc) is 2.38. The zero-order valence-corrected chi connectivity index (χ0v) is 14.5. The van der Waals surface area contributed by atoms with E-state index >= 15 is 0 Å². The maximum absolute atomic E-state index is 5.83. The van der Waals surface area contributed by atoms with Gasteiger partial charge in [0.25, 0.3) is 0 Å². The van der Waals surface area contributed by atoms with Crippen molar-refractivity contribution in [2.75, 3.05) is 47.8 Å². The van der Waals surface area contributed by atoms with Crippen LogP contribution in [0.1, 0.15) is 51.9 Å². The SMILES string of the molecule is CCCCCCCC[N+](C)(C)CCCNC(N)=[N+](C)C. The van der Waals surface area contributed by atoms with Gasteiger partial charge in [-0.05, 0) is 12.8 Å². The van der Waals surface area contributed by atoms with E-state index < -0.39 is 0 Å². The molecule has 0 aliphatic carbocycles. The van der Waals surface area contributed by atoms with Gasteiger partial charge in [0.2, 0.25) is 0 Å². The van der Waals surface area contributed by atoms with Crippen molar-refractivity contribution in [3.05, 3.63) is 0 Å². The average molecular weight is 287 g/mol. The number of rotatable bonds is 11. The fraction of sp³-hybridized carbons (Fsp3) is 0.938. The van der Waals surface area contributed by atoms with Gasteiger partial charge in [-0.2, -0.15) is 0 Å². The predicted molar refractivity (Wildman–Crippen MR) is 89.1 cm³/mol. The molecule has 0 radical (unpaired) electrons. The molecule has 4 heteroatoms. The van der Waals surface area contributed by atoms with Crippen LogP contribution < -0.4 is 11.1 Å². The van der Waals surface area contributed by atoms with Gasteiger partial charge >= 0.3 is 5.96 Å². The van der Waals surface area contributed by atoms with Crippen molar-refractivity contribution in [1.82, 2.24) is 5.32 Å². The van der Waals surface area contributed by atoms with E-state index in [1.54, 1.807) is 0 Å². The van der Waals surface area contributed by atoms with Crippen LogP contribution in [0, 0.1) is 0 Å². The molecule has 0 bridgehead atoms. The molecule has 0 spiro atoms. The van der Waals surface area contributed by atoms with Crippen LogP contribution in [-0.4, -0.2) is 62.8 Å².